The molecule has 0 aliphatic carbocycles. The molecule has 2 aromatic rings. The molecule has 0 bridgehead atoms. The van der Waals surface area contributed by atoms with Crippen LogP contribution >= 0.6 is 24.0 Å². The first-order valence-corrected chi connectivity index (χ1v) is 12.4. The summed E-state index contributed by atoms with van der Waals surface area (Å²) >= 11 is 0. The molecule has 1 aromatic heterocycles. The van der Waals surface area contributed by atoms with Crippen molar-refractivity contribution in [1.82, 2.24) is 20.4 Å². The minimum atomic E-state index is -3.41. The minimum absolute atomic E-state index is 0. The van der Waals surface area contributed by atoms with E-state index in [4.69, 9.17) is 0 Å². The van der Waals surface area contributed by atoms with Crippen molar-refractivity contribution in [3.8, 4) is 0 Å². The summed E-state index contributed by atoms with van der Waals surface area (Å²) in [6.45, 7) is 12.1. The van der Waals surface area contributed by atoms with Crippen LogP contribution in [0, 0.1) is 27.7 Å². The molecule has 2 unspecified atom stereocenters. The highest BCUT2D eigenvalue weighted by Gasteiger charge is 2.22. The quantitative estimate of drug-likeness (QED) is 0.285. The van der Waals surface area contributed by atoms with Gasteiger partial charge in [-0.25, -0.2) is 8.42 Å². The zero-order valence-electron chi connectivity index (χ0n) is 20.5. The highest BCUT2D eigenvalue weighted by atomic mass is 127. The van der Waals surface area contributed by atoms with Gasteiger partial charge in [-0.15, -0.1) is 24.0 Å². The zero-order valence-corrected chi connectivity index (χ0v) is 23.6. The van der Waals surface area contributed by atoms with Crippen LogP contribution in [0.4, 0.5) is 0 Å². The lowest BCUT2D eigenvalue weighted by Gasteiger charge is -2.23. The summed E-state index contributed by atoms with van der Waals surface area (Å²) in [5.41, 5.74) is 5.47. The predicted octanol–water partition coefficient (Wildman–Crippen LogP) is 3.62. The van der Waals surface area contributed by atoms with E-state index in [1.54, 1.807) is 19.2 Å². The van der Waals surface area contributed by atoms with Gasteiger partial charge in [-0.1, -0.05) is 13.0 Å². The van der Waals surface area contributed by atoms with Gasteiger partial charge in [-0.3, -0.25) is 9.67 Å². The predicted molar refractivity (Wildman–Crippen MR) is 143 cm³/mol. The normalized spacial score (nSPS) is 13.9. The lowest BCUT2D eigenvalue weighted by atomic mass is 10.1. The number of aryl methyl sites for hydroxylation is 4. The van der Waals surface area contributed by atoms with Crippen LogP contribution in [0.3, 0.4) is 0 Å². The number of halogens is 1. The third-order valence-electron chi connectivity index (χ3n) is 5.87. The number of aromatic nitrogens is 2. The van der Waals surface area contributed by atoms with E-state index in [2.05, 4.69) is 34.6 Å². The molecule has 2 N–H and O–H groups in total. The van der Waals surface area contributed by atoms with Gasteiger partial charge < -0.3 is 10.6 Å². The van der Waals surface area contributed by atoms with Gasteiger partial charge >= 0.3 is 0 Å². The number of nitrogens with zero attached hydrogens (tertiary/aromatic N) is 3. The number of nitrogens with one attached hydrogen (secondary N) is 2. The van der Waals surface area contributed by atoms with E-state index < -0.39 is 9.84 Å². The molecular formula is C23H38IN5O2S. The van der Waals surface area contributed by atoms with Gasteiger partial charge in [0, 0.05) is 31.9 Å². The number of aliphatic imine (C=N–C) groups is 1. The van der Waals surface area contributed by atoms with Crippen molar-refractivity contribution >= 4 is 39.8 Å². The number of guanidine groups is 1. The monoisotopic (exact) mass is 575 g/mol. The lowest BCUT2D eigenvalue weighted by molar-refractivity contribution is 0.561. The maximum atomic E-state index is 13.0. The van der Waals surface area contributed by atoms with Crippen LogP contribution in [0.5, 0.6) is 0 Å². The van der Waals surface area contributed by atoms with E-state index in [0.717, 1.165) is 28.9 Å². The van der Waals surface area contributed by atoms with Crippen molar-refractivity contribution in [1.29, 1.82) is 0 Å². The van der Waals surface area contributed by atoms with Crippen LogP contribution in [0.25, 0.3) is 0 Å². The van der Waals surface area contributed by atoms with Crippen LogP contribution < -0.4 is 10.6 Å². The van der Waals surface area contributed by atoms with Crippen LogP contribution in [-0.4, -0.2) is 49.0 Å². The molecule has 9 heteroatoms. The van der Waals surface area contributed by atoms with Crippen molar-refractivity contribution in [2.75, 3.05) is 12.8 Å². The van der Waals surface area contributed by atoms with Crippen LogP contribution in [0.1, 0.15) is 48.3 Å². The van der Waals surface area contributed by atoms with E-state index in [1.807, 2.05) is 45.5 Å². The van der Waals surface area contributed by atoms with Crippen molar-refractivity contribution in [3.05, 3.63) is 46.3 Å². The van der Waals surface area contributed by atoms with Crippen LogP contribution in [-0.2, 0) is 23.3 Å². The molecule has 0 spiro atoms. The van der Waals surface area contributed by atoms with E-state index in [-0.39, 0.29) is 41.8 Å². The Labute approximate surface area is 210 Å². The summed E-state index contributed by atoms with van der Waals surface area (Å²) in [5.74, 6) is 0.621. The minimum Gasteiger partial charge on any atom is -0.354 e. The molecule has 0 radical (unpaired) electrons. The Morgan fingerprint density at radius 3 is 2.31 bits per heavy atom. The van der Waals surface area contributed by atoms with Crippen molar-refractivity contribution in [2.24, 2.45) is 12.0 Å². The molecule has 1 aromatic carbocycles. The first kappa shape index (κ1) is 28.4. The molecule has 0 saturated carbocycles. The molecule has 2 atom stereocenters. The maximum absolute atomic E-state index is 13.0. The second kappa shape index (κ2) is 12.0. The summed E-state index contributed by atoms with van der Waals surface area (Å²) in [6.07, 6.45) is 1.48. The lowest BCUT2D eigenvalue weighted by Crippen LogP contribution is -2.49. The van der Waals surface area contributed by atoms with Gasteiger partial charge in [-0.2, -0.15) is 5.10 Å². The first-order chi connectivity index (χ1) is 14.5. The molecular weight excluding hydrogens is 537 g/mol. The largest absolute Gasteiger partial charge is 0.354 e. The number of hydrogen-bond donors (Lipinski definition) is 2. The molecule has 180 valence electrons. The first-order valence-electron chi connectivity index (χ1n) is 10.8. The molecule has 0 amide bonds. The third kappa shape index (κ3) is 7.19. The van der Waals surface area contributed by atoms with Gasteiger partial charge in [0.1, 0.15) is 0 Å². The van der Waals surface area contributed by atoms with Gasteiger partial charge in [-0.05, 0) is 76.3 Å². The fourth-order valence-electron chi connectivity index (χ4n) is 3.60. The van der Waals surface area contributed by atoms with E-state index in [1.165, 1.54) is 5.56 Å². The molecule has 0 fully saturated rings. The highest BCUT2D eigenvalue weighted by molar-refractivity contribution is 14.0. The van der Waals surface area contributed by atoms with Crippen LogP contribution in [0.15, 0.2) is 28.1 Å². The molecule has 7 nitrogen and oxygen atoms in total. The van der Waals surface area contributed by atoms with E-state index >= 15 is 0 Å². The fourth-order valence-corrected chi connectivity index (χ4v) is 5.27. The Morgan fingerprint density at radius 1 is 1.16 bits per heavy atom. The Kier molecular flexibility index (Phi) is 10.7. The molecule has 0 saturated heterocycles. The molecule has 1 heterocycles. The Bertz CT molecular complexity index is 1050. The summed E-state index contributed by atoms with van der Waals surface area (Å²) in [5, 5.41) is 11.2. The summed E-state index contributed by atoms with van der Waals surface area (Å²) in [7, 11) is 0.246. The maximum Gasteiger partial charge on any atom is 0.191 e. The number of hydrogen-bond acceptors (Lipinski definition) is 4. The standard InChI is InChI=1S/C23H37N5O2S.HI/c1-9-20(14-31(29,30)21-11-10-15(2)16(3)12-21)26-23(24-7)25-17(4)13-22-18(5)27-28(8)19(22)6;/h10-12,17,20H,9,13-14H2,1-8H3,(H2,24,25,26);1H. The average molecular weight is 576 g/mol. The highest BCUT2D eigenvalue weighted by Crippen LogP contribution is 2.18. The molecule has 0 aliphatic heterocycles. The Morgan fingerprint density at radius 2 is 1.81 bits per heavy atom. The van der Waals surface area contributed by atoms with Crippen molar-refractivity contribution in [3.63, 3.8) is 0 Å². The van der Waals surface area contributed by atoms with E-state index in [0.29, 0.717) is 17.3 Å². The number of rotatable bonds is 8. The second-order valence-corrected chi connectivity index (χ2v) is 10.4. The van der Waals surface area contributed by atoms with Gasteiger partial charge in [0.2, 0.25) is 0 Å². The van der Waals surface area contributed by atoms with Gasteiger partial charge in [0.25, 0.3) is 0 Å². The number of benzene rings is 1. The van der Waals surface area contributed by atoms with E-state index in [9.17, 15) is 8.42 Å². The van der Waals surface area contributed by atoms with Gasteiger partial charge in [0.15, 0.2) is 15.8 Å². The SMILES string of the molecule is CCC(CS(=O)(=O)c1ccc(C)c(C)c1)NC(=NC)NC(C)Cc1c(C)nn(C)c1C.I. The summed E-state index contributed by atoms with van der Waals surface area (Å²) in [6, 6.07) is 5.18. The van der Waals surface area contributed by atoms with Crippen molar-refractivity contribution in [2.45, 2.75) is 71.4 Å². The smallest absolute Gasteiger partial charge is 0.191 e. The summed E-state index contributed by atoms with van der Waals surface area (Å²) < 4.78 is 27.8. The average Bonchev–Trinajstić information content (AvgIpc) is 2.94. The Balaban J connectivity index is 0.00000512. The second-order valence-electron chi connectivity index (χ2n) is 8.37. The number of sulfone groups is 1. The van der Waals surface area contributed by atoms with Crippen LogP contribution in [0.2, 0.25) is 0 Å². The molecule has 32 heavy (non-hydrogen) atoms. The zero-order chi connectivity index (χ0) is 23.3. The molecule has 0 aliphatic rings. The molecule has 2 rings (SSSR count). The fraction of sp³-hybridized carbons (Fsp3) is 0.565. The Hall–Kier alpha value is -1.62. The third-order valence-corrected chi connectivity index (χ3v) is 7.68. The summed E-state index contributed by atoms with van der Waals surface area (Å²) in [4.78, 5) is 4.68. The van der Waals surface area contributed by atoms with Crippen molar-refractivity contribution < 1.29 is 8.42 Å². The van der Waals surface area contributed by atoms with Gasteiger partial charge in [0.05, 0.1) is 16.3 Å². The topological polar surface area (TPSA) is 88.4 Å².